The van der Waals surface area contributed by atoms with Crippen LogP contribution in [-0.4, -0.2) is 74.2 Å². The van der Waals surface area contributed by atoms with Gasteiger partial charge < -0.3 is 31.3 Å². The van der Waals surface area contributed by atoms with Gasteiger partial charge in [0.2, 0.25) is 0 Å². The van der Waals surface area contributed by atoms with E-state index in [-0.39, 0.29) is 11.9 Å². The lowest BCUT2D eigenvalue weighted by Crippen LogP contribution is -2.47. The molecule has 1 aromatic carbocycles. The number of rotatable bonds is 10. The lowest BCUT2D eigenvalue weighted by atomic mass is 9.94. The molecular weight excluding hydrogens is 426 g/mol. The van der Waals surface area contributed by atoms with Gasteiger partial charge in [-0.3, -0.25) is 4.79 Å². The number of nitrogen functional groups attached to an aromatic ring is 1. The zero-order valence-corrected chi connectivity index (χ0v) is 20.2. The third-order valence-corrected chi connectivity index (χ3v) is 7.05. The zero-order chi connectivity index (χ0) is 22.9. The van der Waals surface area contributed by atoms with Crippen LogP contribution in [-0.2, 0) is 0 Å². The van der Waals surface area contributed by atoms with Crippen molar-refractivity contribution in [3.05, 3.63) is 22.7 Å². The molecule has 8 heteroatoms. The standard InChI is InChI=1S/C24H40ClN5O2/c1-2-32-23-16-22(27)21(25)15-20(23)24(31)28-19-7-13-30(14-8-19)17-18-5-11-29(12-6-18)10-4-3-9-26/h15-16,18-19H,2-14,17,26-27H2,1H3,(H,28,31). The van der Waals surface area contributed by atoms with Crippen LogP contribution in [0.5, 0.6) is 5.75 Å². The Hall–Kier alpha value is -1.54. The van der Waals surface area contributed by atoms with Crippen LogP contribution >= 0.6 is 11.6 Å². The number of amides is 1. The average molecular weight is 466 g/mol. The number of nitrogens with one attached hydrogen (secondary N) is 1. The van der Waals surface area contributed by atoms with E-state index in [9.17, 15) is 4.79 Å². The summed E-state index contributed by atoms with van der Waals surface area (Å²) in [7, 11) is 0. The van der Waals surface area contributed by atoms with Crippen molar-refractivity contribution in [3.63, 3.8) is 0 Å². The van der Waals surface area contributed by atoms with Crippen molar-refractivity contribution >= 4 is 23.2 Å². The summed E-state index contributed by atoms with van der Waals surface area (Å²) in [4.78, 5) is 18.0. The first-order valence-corrected chi connectivity index (χ1v) is 12.5. The minimum absolute atomic E-state index is 0.143. The van der Waals surface area contributed by atoms with Crippen molar-refractivity contribution in [1.82, 2.24) is 15.1 Å². The number of unbranched alkanes of at least 4 members (excludes halogenated alkanes) is 1. The molecule has 2 aliphatic heterocycles. The SMILES string of the molecule is CCOc1cc(N)c(Cl)cc1C(=O)NC1CCN(CC2CCN(CCCCN)CC2)CC1. The molecular formula is C24H40ClN5O2. The second-order valence-corrected chi connectivity index (χ2v) is 9.54. The van der Waals surface area contributed by atoms with Crippen molar-refractivity contribution in [3.8, 4) is 5.75 Å². The number of likely N-dealkylation sites (tertiary alicyclic amines) is 2. The number of carbonyl (C=O) groups excluding carboxylic acids is 1. The van der Waals surface area contributed by atoms with Crippen molar-refractivity contribution in [2.24, 2.45) is 11.7 Å². The predicted octanol–water partition coefficient (Wildman–Crippen LogP) is 2.97. The number of carbonyl (C=O) groups is 1. The van der Waals surface area contributed by atoms with E-state index in [1.807, 2.05) is 6.92 Å². The van der Waals surface area contributed by atoms with E-state index in [0.29, 0.717) is 28.6 Å². The van der Waals surface area contributed by atoms with Gasteiger partial charge in [-0.05, 0) is 83.6 Å². The van der Waals surface area contributed by atoms with E-state index in [1.165, 1.54) is 45.4 Å². The van der Waals surface area contributed by atoms with Gasteiger partial charge in [0.05, 0.1) is 22.9 Å². The maximum absolute atomic E-state index is 12.9. The molecule has 0 radical (unpaired) electrons. The molecule has 7 nitrogen and oxygen atoms in total. The summed E-state index contributed by atoms with van der Waals surface area (Å²) in [5, 5.41) is 3.55. The van der Waals surface area contributed by atoms with Crippen LogP contribution in [0.4, 0.5) is 5.69 Å². The van der Waals surface area contributed by atoms with E-state index in [0.717, 1.165) is 44.8 Å². The summed E-state index contributed by atoms with van der Waals surface area (Å²) in [6, 6.07) is 3.41. The lowest BCUT2D eigenvalue weighted by Gasteiger charge is -2.38. The second kappa shape index (κ2) is 12.6. The van der Waals surface area contributed by atoms with Gasteiger partial charge in [0.25, 0.3) is 5.91 Å². The summed E-state index contributed by atoms with van der Waals surface area (Å²) in [6.07, 6.45) is 6.86. The Morgan fingerprint density at radius 3 is 2.47 bits per heavy atom. The molecule has 2 saturated heterocycles. The maximum atomic E-state index is 12.9. The van der Waals surface area contributed by atoms with Gasteiger partial charge in [-0.25, -0.2) is 0 Å². The molecule has 2 fully saturated rings. The van der Waals surface area contributed by atoms with Crippen LogP contribution in [0.2, 0.25) is 5.02 Å². The number of benzene rings is 1. The third-order valence-electron chi connectivity index (χ3n) is 6.72. The van der Waals surface area contributed by atoms with Crippen molar-refractivity contribution in [2.75, 3.05) is 58.2 Å². The van der Waals surface area contributed by atoms with E-state index >= 15 is 0 Å². The molecule has 0 saturated carbocycles. The summed E-state index contributed by atoms with van der Waals surface area (Å²) in [6.45, 7) is 10.0. The molecule has 1 aromatic rings. The van der Waals surface area contributed by atoms with Crippen molar-refractivity contribution < 1.29 is 9.53 Å². The Kier molecular flexibility index (Phi) is 9.91. The number of hydrogen-bond donors (Lipinski definition) is 3. The fourth-order valence-corrected chi connectivity index (χ4v) is 4.95. The van der Waals surface area contributed by atoms with Gasteiger partial charge in [-0.2, -0.15) is 0 Å². The molecule has 0 aromatic heterocycles. The molecule has 1 amide bonds. The highest BCUT2D eigenvalue weighted by atomic mass is 35.5. The highest BCUT2D eigenvalue weighted by Gasteiger charge is 2.26. The fraction of sp³-hybridized carbons (Fsp3) is 0.708. The van der Waals surface area contributed by atoms with Gasteiger partial charge in [-0.1, -0.05) is 11.6 Å². The minimum atomic E-state index is -0.143. The summed E-state index contributed by atoms with van der Waals surface area (Å²) in [5.41, 5.74) is 12.3. The first kappa shape index (κ1) is 25.1. The number of nitrogens with two attached hydrogens (primary N) is 2. The van der Waals surface area contributed by atoms with Crippen molar-refractivity contribution in [2.45, 2.75) is 51.5 Å². The average Bonchev–Trinajstić information content (AvgIpc) is 2.79. The topological polar surface area (TPSA) is 96.8 Å². The number of piperidine rings is 2. The second-order valence-electron chi connectivity index (χ2n) is 9.13. The fourth-order valence-electron chi connectivity index (χ4n) is 4.78. The number of halogens is 1. The van der Waals surface area contributed by atoms with Gasteiger partial charge in [0.15, 0.2) is 0 Å². The summed E-state index contributed by atoms with van der Waals surface area (Å²) < 4.78 is 5.60. The molecule has 2 aliphatic rings. The van der Waals surface area contributed by atoms with Gasteiger partial charge in [0, 0.05) is 31.7 Å². The maximum Gasteiger partial charge on any atom is 0.255 e. The third kappa shape index (κ3) is 7.24. The molecule has 180 valence electrons. The molecule has 0 unspecified atom stereocenters. The van der Waals surface area contributed by atoms with Crippen LogP contribution in [0.1, 0.15) is 55.8 Å². The number of nitrogens with zero attached hydrogens (tertiary/aromatic N) is 2. The number of anilines is 1. The van der Waals surface area contributed by atoms with Crippen LogP contribution in [0.15, 0.2) is 12.1 Å². The summed E-state index contributed by atoms with van der Waals surface area (Å²) in [5.74, 6) is 1.13. The van der Waals surface area contributed by atoms with E-state index in [2.05, 4.69) is 15.1 Å². The first-order chi connectivity index (χ1) is 15.5. The Balaban J connectivity index is 1.41. The van der Waals surface area contributed by atoms with E-state index in [4.69, 9.17) is 27.8 Å². The predicted molar refractivity (Wildman–Crippen MR) is 131 cm³/mol. The normalized spacial score (nSPS) is 19.2. The number of ether oxygens (including phenoxy) is 1. The van der Waals surface area contributed by atoms with Gasteiger partial charge >= 0.3 is 0 Å². The molecule has 0 spiro atoms. The minimum Gasteiger partial charge on any atom is -0.493 e. The van der Waals surface area contributed by atoms with Gasteiger partial charge in [0.1, 0.15) is 5.75 Å². The zero-order valence-electron chi connectivity index (χ0n) is 19.5. The number of hydrogen-bond acceptors (Lipinski definition) is 6. The molecule has 0 aliphatic carbocycles. The largest absolute Gasteiger partial charge is 0.493 e. The van der Waals surface area contributed by atoms with E-state index in [1.54, 1.807) is 12.1 Å². The Bertz CT molecular complexity index is 731. The lowest BCUT2D eigenvalue weighted by molar-refractivity contribution is 0.0887. The Morgan fingerprint density at radius 1 is 1.12 bits per heavy atom. The van der Waals surface area contributed by atoms with Gasteiger partial charge in [-0.15, -0.1) is 0 Å². The van der Waals surface area contributed by atoms with Crippen molar-refractivity contribution in [1.29, 1.82) is 0 Å². The molecule has 0 bridgehead atoms. The first-order valence-electron chi connectivity index (χ1n) is 12.2. The smallest absolute Gasteiger partial charge is 0.255 e. The van der Waals surface area contributed by atoms with Crippen LogP contribution in [0, 0.1) is 5.92 Å². The van der Waals surface area contributed by atoms with Crippen LogP contribution in [0.25, 0.3) is 0 Å². The monoisotopic (exact) mass is 465 g/mol. The Labute approximate surface area is 197 Å². The summed E-state index contributed by atoms with van der Waals surface area (Å²) >= 11 is 6.15. The highest BCUT2D eigenvalue weighted by Crippen LogP contribution is 2.29. The van der Waals surface area contributed by atoms with Crippen LogP contribution < -0.4 is 21.5 Å². The molecule has 0 atom stereocenters. The molecule has 5 N–H and O–H groups in total. The molecule has 32 heavy (non-hydrogen) atoms. The van der Waals surface area contributed by atoms with E-state index < -0.39 is 0 Å². The quantitative estimate of drug-likeness (QED) is 0.363. The highest BCUT2D eigenvalue weighted by molar-refractivity contribution is 6.33. The molecule has 2 heterocycles. The molecule has 3 rings (SSSR count). The van der Waals surface area contributed by atoms with Crippen LogP contribution in [0.3, 0.4) is 0 Å². The Morgan fingerprint density at radius 2 is 1.81 bits per heavy atom.